The van der Waals surface area contributed by atoms with Gasteiger partial charge in [0.2, 0.25) is 5.91 Å². The van der Waals surface area contributed by atoms with Gasteiger partial charge in [-0.2, -0.15) is 0 Å². The standard InChI is InChI=1S/C27H32N2O3/c1-21(2)20-32-26-16-7-6-15-25(26)29-27(30)19-28-23-13-8-14-24(18-23)31-17-9-12-22-10-4-3-5-11-22/h3-8,10-11,13-16,18,21,28H,9,12,17,19-20H2,1-2H3,(H,29,30). The highest BCUT2D eigenvalue weighted by atomic mass is 16.5. The number of hydrogen-bond acceptors (Lipinski definition) is 4. The Morgan fingerprint density at radius 2 is 1.69 bits per heavy atom. The first-order valence-corrected chi connectivity index (χ1v) is 11.1. The molecule has 0 aliphatic heterocycles. The van der Waals surface area contributed by atoms with Crippen molar-refractivity contribution in [1.82, 2.24) is 0 Å². The molecule has 0 atom stereocenters. The number of hydrogen-bond donors (Lipinski definition) is 2. The molecule has 0 fully saturated rings. The Balaban J connectivity index is 1.44. The summed E-state index contributed by atoms with van der Waals surface area (Å²) in [6.07, 6.45) is 1.93. The number of amides is 1. The van der Waals surface area contributed by atoms with Crippen LogP contribution in [0.15, 0.2) is 78.9 Å². The number of anilines is 2. The first kappa shape index (κ1) is 23.2. The lowest BCUT2D eigenvalue weighted by Gasteiger charge is -2.14. The zero-order valence-electron chi connectivity index (χ0n) is 18.8. The van der Waals surface area contributed by atoms with Gasteiger partial charge in [-0.05, 0) is 48.6 Å². The molecule has 0 aliphatic rings. The molecule has 0 aromatic heterocycles. The van der Waals surface area contributed by atoms with E-state index in [0.717, 1.165) is 24.3 Å². The first-order chi connectivity index (χ1) is 15.6. The van der Waals surface area contributed by atoms with E-state index in [4.69, 9.17) is 9.47 Å². The summed E-state index contributed by atoms with van der Waals surface area (Å²) in [5, 5.41) is 6.08. The van der Waals surface area contributed by atoms with Crippen molar-refractivity contribution in [2.75, 3.05) is 30.4 Å². The molecule has 3 aromatic carbocycles. The molecule has 0 saturated heterocycles. The van der Waals surface area contributed by atoms with Crippen LogP contribution < -0.4 is 20.1 Å². The van der Waals surface area contributed by atoms with Crippen LogP contribution in [0.4, 0.5) is 11.4 Å². The molecule has 168 valence electrons. The largest absolute Gasteiger partial charge is 0.494 e. The van der Waals surface area contributed by atoms with E-state index in [-0.39, 0.29) is 12.5 Å². The van der Waals surface area contributed by atoms with Crippen LogP contribution >= 0.6 is 0 Å². The summed E-state index contributed by atoms with van der Waals surface area (Å²) in [5.41, 5.74) is 2.83. The Hall–Kier alpha value is -3.47. The number of para-hydroxylation sites is 2. The van der Waals surface area contributed by atoms with Crippen molar-refractivity contribution in [1.29, 1.82) is 0 Å². The number of ether oxygens (including phenoxy) is 2. The van der Waals surface area contributed by atoms with Crippen molar-refractivity contribution < 1.29 is 14.3 Å². The molecule has 2 N–H and O–H groups in total. The number of benzene rings is 3. The fourth-order valence-electron chi connectivity index (χ4n) is 3.14. The number of rotatable bonds is 12. The van der Waals surface area contributed by atoms with Gasteiger partial charge in [-0.3, -0.25) is 4.79 Å². The predicted molar refractivity (Wildman–Crippen MR) is 131 cm³/mol. The predicted octanol–water partition coefficient (Wildman–Crippen LogP) is 5.78. The van der Waals surface area contributed by atoms with E-state index in [1.165, 1.54) is 5.56 Å². The molecule has 0 radical (unpaired) electrons. The van der Waals surface area contributed by atoms with Crippen molar-refractivity contribution in [2.24, 2.45) is 5.92 Å². The van der Waals surface area contributed by atoms with E-state index >= 15 is 0 Å². The van der Waals surface area contributed by atoms with Crippen LogP contribution in [0.25, 0.3) is 0 Å². The van der Waals surface area contributed by atoms with Gasteiger partial charge in [-0.15, -0.1) is 0 Å². The van der Waals surface area contributed by atoms with E-state index in [1.807, 2.05) is 54.6 Å². The van der Waals surface area contributed by atoms with Gasteiger partial charge in [0.05, 0.1) is 25.4 Å². The van der Waals surface area contributed by atoms with E-state index in [2.05, 4.69) is 48.7 Å². The van der Waals surface area contributed by atoms with Gasteiger partial charge in [0.1, 0.15) is 11.5 Å². The highest BCUT2D eigenvalue weighted by molar-refractivity contribution is 5.95. The second kappa shape index (κ2) is 12.4. The molecule has 5 nitrogen and oxygen atoms in total. The molecule has 0 aliphatic carbocycles. The number of aryl methyl sites for hydroxylation is 1. The van der Waals surface area contributed by atoms with Crippen molar-refractivity contribution in [3.63, 3.8) is 0 Å². The average Bonchev–Trinajstić information content (AvgIpc) is 2.81. The summed E-state index contributed by atoms with van der Waals surface area (Å²) >= 11 is 0. The first-order valence-electron chi connectivity index (χ1n) is 11.1. The van der Waals surface area contributed by atoms with Gasteiger partial charge < -0.3 is 20.1 Å². The molecule has 5 heteroatoms. The maximum atomic E-state index is 12.4. The Kier molecular flexibility index (Phi) is 8.99. The lowest BCUT2D eigenvalue weighted by Crippen LogP contribution is -2.22. The highest BCUT2D eigenvalue weighted by Crippen LogP contribution is 2.24. The van der Waals surface area contributed by atoms with Crippen LogP contribution in [-0.4, -0.2) is 25.7 Å². The maximum absolute atomic E-state index is 12.4. The zero-order valence-corrected chi connectivity index (χ0v) is 18.8. The quantitative estimate of drug-likeness (QED) is 0.356. The molecule has 0 spiro atoms. The van der Waals surface area contributed by atoms with Crippen molar-refractivity contribution in [2.45, 2.75) is 26.7 Å². The number of nitrogens with one attached hydrogen (secondary N) is 2. The fraction of sp³-hybridized carbons (Fsp3) is 0.296. The minimum atomic E-state index is -0.139. The van der Waals surface area contributed by atoms with E-state index < -0.39 is 0 Å². The van der Waals surface area contributed by atoms with Crippen LogP contribution in [0.1, 0.15) is 25.8 Å². The summed E-state index contributed by atoms with van der Waals surface area (Å²) in [4.78, 5) is 12.4. The molecule has 0 heterocycles. The molecule has 32 heavy (non-hydrogen) atoms. The number of carbonyl (C=O) groups is 1. The summed E-state index contributed by atoms with van der Waals surface area (Å²) in [5.74, 6) is 1.74. The van der Waals surface area contributed by atoms with Crippen LogP contribution in [0.5, 0.6) is 11.5 Å². The third-order valence-electron chi connectivity index (χ3n) is 4.74. The van der Waals surface area contributed by atoms with Crippen LogP contribution in [-0.2, 0) is 11.2 Å². The van der Waals surface area contributed by atoms with E-state index in [0.29, 0.717) is 30.6 Å². The van der Waals surface area contributed by atoms with Crippen LogP contribution in [0.2, 0.25) is 0 Å². The summed E-state index contributed by atoms with van der Waals surface area (Å²) in [6.45, 7) is 5.57. The molecule has 0 unspecified atom stereocenters. The molecular formula is C27H32N2O3. The van der Waals surface area contributed by atoms with Gasteiger partial charge in [0, 0.05) is 11.8 Å². The molecular weight excluding hydrogens is 400 g/mol. The lowest BCUT2D eigenvalue weighted by atomic mass is 10.1. The lowest BCUT2D eigenvalue weighted by molar-refractivity contribution is -0.114. The smallest absolute Gasteiger partial charge is 0.243 e. The summed E-state index contributed by atoms with van der Waals surface area (Å²) < 4.78 is 11.7. The molecule has 1 amide bonds. The second-order valence-electron chi connectivity index (χ2n) is 8.07. The van der Waals surface area contributed by atoms with Gasteiger partial charge in [0.25, 0.3) is 0 Å². The Morgan fingerprint density at radius 3 is 2.50 bits per heavy atom. The zero-order chi connectivity index (χ0) is 22.6. The SMILES string of the molecule is CC(C)COc1ccccc1NC(=O)CNc1cccc(OCCCc2ccccc2)c1. The molecule has 0 bridgehead atoms. The summed E-state index contributed by atoms with van der Waals surface area (Å²) in [6, 6.07) is 25.6. The number of carbonyl (C=O) groups excluding carboxylic acids is 1. The Bertz CT molecular complexity index is 973. The van der Waals surface area contributed by atoms with Crippen molar-refractivity contribution >= 4 is 17.3 Å². The van der Waals surface area contributed by atoms with Gasteiger partial charge in [-0.25, -0.2) is 0 Å². The Morgan fingerprint density at radius 1 is 0.906 bits per heavy atom. The van der Waals surface area contributed by atoms with E-state index in [9.17, 15) is 4.79 Å². The van der Waals surface area contributed by atoms with Crippen molar-refractivity contribution in [3.05, 3.63) is 84.4 Å². The monoisotopic (exact) mass is 432 g/mol. The molecule has 3 aromatic rings. The van der Waals surface area contributed by atoms with E-state index in [1.54, 1.807) is 0 Å². The minimum absolute atomic E-state index is 0.139. The normalized spacial score (nSPS) is 10.6. The average molecular weight is 433 g/mol. The molecule has 3 rings (SSSR count). The molecule has 0 saturated carbocycles. The summed E-state index contributed by atoms with van der Waals surface area (Å²) in [7, 11) is 0. The van der Waals surface area contributed by atoms with Crippen LogP contribution in [0, 0.1) is 5.92 Å². The second-order valence-corrected chi connectivity index (χ2v) is 8.07. The highest BCUT2D eigenvalue weighted by Gasteiger charge is 2.08. The van der Waals surface area contributed by atoms with Crippen molar-refractivity contribution in [3.8, 4) is 11.5 Å². The maximum Gasteiger partial charge on any atom is 0.243 e. The third kappa shape index (κ3) is 7.99. The minimum Gasteiger partial charge on any atom is -0.494 e. The Labute approximate surface area is 190 Å². The van der Waals surface area contributed by atoms with Gasteiger partial charge >= 0.3 is 0 Å². The topological polar surface area (TPSA) is 59.6 Å². The van der Waals surface area contributed by atoms with Crippen LogP contribution in [0.3, 0.4) is 0 Å². The third-order valence-corrected chi connectivity index (χ3v) is 4.74. The fourth-order valence-corrected chi connectivity index (χ4v) is 3.14. The van der Waals surface area contributed by atoms with Gasteiger partial charge in [-0.1, -0.05) is 62.4 Å². The van der Waals surface area contributed by atoms with Gasteiger partial charge in [0.15, 0.2) is 0 Å².